The molecule has 28 heavy (non-hydrogen) atoms. The van der Waals surface area contributed by atoms with Crippen molar-refractivity contribution in [1.29, 1.82) is 0 Å². The molecule has 3 heterocycles. The smallest absolute Gasteiger partial charge is 0.276 e. The first-order valence-corrected chi connectivity index (χ1v) is 9.64. The first-order valence-electron chi connectivity index (χ1n) is 9.64. The van der Waals surface area contributed by atoms with Gasteiger partial charge >= 0.3 is 0 Å². The molecule has 3 N–H and O–H groups in total. The van der Waals surface area contributed by atoms with Crippen molar-refractivity contribution < 1.29 is 14.3 Å². The standard InChI is InChI=1S/C20H25N5O3/c1-12-10-25(11-13(2)28-12)20(27)14-3-5-15(6-4-14)22-19(26)18-16-9-21-8-7-17(16)23-24-18/h3-6,12-13,21H,7-11H2,1-2H3,(H,22,26)(H,23,24). The molecule has 0 aliphatic carbocycles. The number of hydrogen-bond donors (Lipinski definition) is 3. The lowest BCUT2D eigenvalue weighted by atomic mass is 10.1. The highest BCUT2D eigenvalue weighted by Gasteiger charge is 2.26. The molecule has 0 saturated carbocycles. The maximum absolute atomic E-state index is 12.7. The van der Waals surface area contributed by atoms with Gasteiger partial charge in [-0.2, -0.15) is 5.10 Å². The lowest BCUT2D eigenvalue weighted by Crippen LogP contribution is -2.48. The van der Waals surface area contributed by atoms with Gasteiger partial charge in [0.2, 0.25) is 0 Å². The van der Waals surface area contributed by atoms with Crippen LogP contribution in [0.1, 0.15) is 46.0 Å². The minimum absolute atomic E-state index is 0.0210. The number of nitrogens with zero attached hydrogens (tertiary/aromatic N) is 2. The Kier molecular flexibility index (Phi) is 5.15. The van der Waals surface area contributed by atoms with Gasteiger partial charge in [0.15, 0.2) is 5.69 Å². The first kappa shape index (κ1) is 18.6. The number of morpholine rings is 1. The van der Waals surface area contributed by atoms with E-state index in [1.54, 1.807) is 24.3 Å². The number of amides is 2. The van der Waals surface area contributed by atoms with Crippen LogP contribution in [0.3, 0.4) is 0 Å². The van der Waals surface area contributed by atoms with Crippen molar-refractivity contribution in [2.45, 2.75) is 39.0 Å². The summed E-state index contributed by atoms with van der Waals surface area (Å²) in [4.78, 5) is 27.1. The normalized spacial score (nSPS) is 21.9. The second-order valence-corrected chi connectivity index (χ2v) is 7.46. The van der Waals surface area contributed by atoms with E-state index in [4.69, 9.17) is 4.74 Å². The number of carbonyl (C=O) groups excluding carboxylic acids is 2. The molecule has 2 amide bonds. The molecule has 0 radical (unpaired) electrons. The van der Waals surface area contributed by atoms with Gasteiger partial charge in [0.25, 0.3) is 11.8 Å². The van der Waals surface area contributed by atoms with Crippen LogP contribution in [-0.4, -0.2) is 58.8 Å². The number of anilines is 1. The molecule has 0 bridgehead atoms. The number of hydrogen-bond acceptors (Lipinski definition) is 5. The lowest BCUT2D eigenvalue weighted by Gasteiger charge is -2.35. The third-order valence-corrected chi connectivity index (χ3v) is 5.12. The largest absolute Gasteiger partial charge is 0.372 e. The van der Waals surface area contributed by atoms with Crippen LogP contribution in [0.25, 0.3) is 0 Å². The second-order valence-electron chi connectivity index (χ2n) is 7.46. The van der Waals surface area contributed by atoms with E-state index in [9.17, 15) is 9.59 Å². The van der Waals surface area contributed by atoms with Crippen molar-refractivity contribution in [3.8, 4) is 0 Å². The van der Waals surface area contributed by atoms with Crippen molar-refractivity contribution in [1.82, 2.24) is 20.4 Å². The number of ether oxygens (including phenoxy) is 1. The molecule has 0 spiro atoms. The fourth-order valence-corrected chi connectivity index (χ4v) is 3.83. The van der Waals surface area contributed by atoms with Crippen molar-refractivity contribution >= 4 is 17.5 Å². The fourth-order valence-electron chi connectivity index (χ4n) is 3.83. The minimum Gasteiger partial charge on any atom is -0.372 e. The summed E-state index contributed by atoms with van der Waals surface area (Å²) in [6, 6.07) is 6.97. The molecule has 2 aliphatic heterocycles. The number of aromatic nitrogens is 2. The van der Waals surface area contributed by atoms with Gasteiger partial charge in [-0.05, 0) is 38.1 Å². The fraction of sp³-hybridized carbons (Fsp3) is 0.450. The lowest BCUT2D eigenvalue weighted by molar-refractivity contribution is -0.0586. The third kappa shape index (κ3) is 3.79. The van der Waals surface area contributed by atoms with Crippen molar-refractivity contribution in [2.75, 3.05) is 25.0 Å². The van der Waals surface area contributed by atoms with Crippen LogP contribution < -0.4 is 10.6 Å². The number of nitrogens with one attached hydrogen (secondary N) is 3. The Morgan fingerprint density at radius 3 is 2.61 bits per heavy atom. The zero-order chi connectivity index (χ0) is 19.7. The van der Waals surface area contributed by atoms with Gasteiger partial charge in [0.1, 0.15) is 0 Å². The van der Waals surface area contributed by atoms with Crippen LogP contribution in [-0.2, 0) is 17.7 Å². The summed E-state index contributed by atoms with van der Waals surface area (Å²) in [5.41, 5.74) is 3.58. The van der Waals surface area contributed by atoms with Crippen LogP contribution in [0, 0.1) is 0 Å². The van der Waals surface area contributed by atoms with Crippen LogP contribution in [0.5, 0.6) is 0 Å². The van der Waals surface area contributed by atoms with Gasteiger partial charge in [-0.3, -0.25) is 14.7 Å². The molecule has 2 atom stereocenters. The van der Waals surface area contributed by atoms with E-state index < -0.39 is 0 Å². The zero-order valence-electron chi connectivity index (χ0n) is 16.1. The molecule has 1 saturated heterocycles. The van der Waals surface area contributed by atoms with E-state index in [1.165, 1.54) is 0 Å². The quantitative estimate of drug-likeness (QED) is 0.747. The molecule has 4 rings (SSSR count). The van der Waals surface area contributed by atoms with Crippen molar-refractivity contribution in [2.24, 2.45) is 0 Å². The third-order valence-electron chi connectivity index (χ3n) is 5.12. The van der Waals surface area contributed by atoms with E-state index in [-0.39, 0.29) is 24.0 Å². The van der Waals surface area contributed by atoms with Crippen LogP contribution in [0.4, 0.5) is 5.69 Å². The summed E-state index contributed by atoms with van der Waals surface area (Å²) in [6.07, 6.45) is 0.895. The van der Waals surface area contributed by atoms with Crippen LogP contribution in [0.15, 0.2) is 24.3 Å². The molecule has 1 fully saturated rings. The average Bonchev–Trinajstić information content (AvgIpc) is 3.11. The molecular weight excluding hydrogens is 358 g/mol. The average molecular weight is 383 g/mol. The van der Waals surface area contributed by atoms with Gasteiger partial charge in [0, 0.05) is 55.1 Å². The number of benzene rings is 1. The number of H-pyrrole nitrogens is 1. The molecule has 2 aliphatic rings. The summed E-state index contributed by atoms with van der Waals surface area (Å²) >= 11 is 0. The number of fused-ring (bicyclic) bond motifs is 1. The summed E-state index contributed by atoms with van der Waals surface area (Å²) in [5, 5.41) is 13.2. The molecular formula is C20H25N5O3. The summed E-state index contributed by atoms with van der Waals surface area (Å²) in [5.74, 6) is -0.275. The Morgan fingerprint density at radius 1 is 1.18 bits per heavy atom. The second kappa shape index (κ2) is 7.73. The molecule has 1 aromatic heterocycles. The number of carbonyl (C=O) groups is 2. The molecule has 8 nitrogen and oxygen atoms in total. The molecule has 2 unspecified atom stereocenters. The summed E-state index contributed by atoms with van der Waals surface area (Å²) in [6.45, 7) is 6.63. The highest BCUT2D eigenvalue weighted by molar-refractivity contribution is 6.04. The number of aromatic amines is 1. The van der Waals surface area contributed by atoms with Gasteiger partial charge in [-0.15, -0.1) is 0 Å². The first-order chi connectivity index (χ1) is 13.5. The Bertz CT molecular complexity index is 866. The zero-order valence-corrected chi connectivity index (χ0v) is 16.1. The van der Waals surface area contributed by atoms with E-state index in [0.29, 0.717) is 36.6 Å². The van der Waals surface area contributed by atoms with Gasteiger partial charge in [-0.25, -0.2) is 0 Å². The number of rotatable bonds is 3. The monoisotopic (exact) mass is 383 g/mol. The predicted octanol–water partition coefficient (Wildman–Crippen LogP) is 1.56. The van der Waals surface area contributed by atoms with E-state index in [0.717, 1.165) is 24.2 Å². The van der Waals surface area contributed by atoms with Crippen molar-refractivity contribution in [3.63, 3.8) is 0 Å². The molecule has 148 valence electrons. The highest BCUT2D eigenvalue weighted by atomic mass is 16.5. The Balaban J connectivity index is 1.43. The van der Waals surface area contributed by atoms with Crippen LogP contribution in [0.2, 0.25) is 0 Å². The summed E-state index contributed by atoms with van der Waals surface area (Å²) < 4.78 is 5.69. The SMILES string of the molecule is CC1CN(C(=O)c2ccc(NC(=O)c3n[nH]c4c3CNCC4)cc2)CC(C)O1. The Hall–Kier alpha value is -2.71. The van der Waals surface area contributed by atoms with E-state index in [2.05, 4.69) is 20.8 Å². The molecule has 2 aromatic rings. The van der Waals surface area contributed by atoms with Gasteiger partial charge < -0.3 is 20.3 Å². The Labute approximate surface area is 163 Å². The topological polar surface area (TPSA) is 99.4 Å². The van der Waals surface area contributed by atoms with Gasteiger partial charge in [0.05, 0.1) is 12.2 Å². The van der Waals surface area contributed by atoms with E-state index in [1.807, 2.05) is 18.7 Å². The molecule has 8 heteroatoms. The maximum Gasteiger partial charge on any atom is 0.276 e. The highest BCUT2D eigenvalue weighted by Crippen LogP contribution is 2.19. The minimum atomic E-state index is -0.254. The summed E-state index contributed by atoms with van der Waals surface area (Å²) in [7, 11) is 0. The Morgan fingerprint density at radius 2 is 1.89 bits per heavy atom. The van der Waals surface area contributed by atoms with Gasteiger partial charge in [-0.1, -0.05) is 0 Å². The predicted molar refractivity (Wildman–Crippen MR) is 104 cm³/mol. The maximum atomic E-state index is 12.7. The van der Waals surface area contributed by atoms with Crippen molar-refractivity contribution in [3.05, 3.63) is 46.8 Å². The van der Waals surface area contributed by atoms with E-state index >= 15 is 0 Å². The molecule has 1 aromatic carbocycles. The van der Waals surface area contributed by atoms with Crippen LogP contribution >= 0.6 is 0 Å².